The van der Waals surface area contributed by atoms with E-state index in [1.165, 1.54) is 0 Å². The van der Waals surface area contributed by atoms with E-state index in [1.807, 2.05) is 0 Å². The molecule has 0 fully saturated rings. The lowest BCUT2D eigenvalue weighted by atomic mass is 10.1. The van der Waals surface area contributed by atoms with Crippen LogP contribution in [0.2, 0.25) is 10.0 Å². The predicted molar refractivity (Wildman–Crippen MR) is 91.2 cm³/mol. The van der Waals surface area contributed by atoms with Gasteiger partial charge >= 0.3 is 5.97 Å². The van der Waals surface area contributed by atoms with E-state index in [1.54, 1.807) is 19.2 Å². The molecule has 1 aromatic carbocycles. The van der Waals surface area contributed by atoms with Gasteiger partial charge in [-0.15, -0.1) is 0 Å². The van der Waals surface area contributed by atoms with E-state index in [9.17, 15) is 9.59 Å². The molecule has 24 heavy (non-hydrogen) atoms. The van der Waals surface area contributed by atoms with Crippen LogP contribution in [-0.4, -0.2) is 36.3 Å². The Hall–Kier alpha value is -2.09. The zero-order valence-corrected chi connectivity index (χ0v) is 14.5. The van der Waals surface area contributed by atoms with Crippen LogP contribution in [0, 0.1) is 0 Å². The minimum Gasteiger partial charge on any atom is -0.465 e. The number of nitrogens with two attached hydrogens (primary N) is 1. The first-order valence-corrected chi connectivity index (χ1v) is 7.59. The summed E-state index contributed by atoms with van der Waals surface area (Å²) in [4.78, 5) is 28.1. The number of anilines is 1. The van der Waals surface area contributed by atoms with Gasteiger partial charge < -0.3 is 15.2 Å². The molecule has 128 valence electrons. The van der Waals surface area contributed by atoms with Crippen molar-refractivity contribution >= 4 is 35.0 Å². The summed E-state index contributed by atoms with van der Waals surface area (Å²) in [7, 11) is 2.73. The molecule has 1 aromatic heterocycles. The molecule has 2 N–H and O–H groups in total. The third-order valence-corrected chi connectivity index (χ3v) is 3.88. The number of halogens is 2. The number of benzene rings is 1. The van der Waals surface area contributed by atoms with Crippen LogP contribution in [0.1, 0.15) is 15.9 Å². The highest BCUT2D eigenvalue weighted by atomic mass is 35.5. The van der Waals surface area contributed by atoms with Gasteiger partial charge in [0.2, 0.25) is 0 Å². The Morgan fingerprint density at radius 2 is 1.92 bits per heavy atom. The van der Waals surface area contributed by atoms with Crippen molar-refractivity contribution in [2.75, 3.05) is 26.6 Å². The third kappa shape index (κ3) is 3.53. The molecule has 9 heteroatoms. The van der Waals surface area contributed by atoms with Crippen molar-refractivity contribution in [2.45, 2.75) is 6.42 Å². The third-order valence-electron chi connectivity index (χ3n) is 3.30. The number of aromatic nitrogens is 2. The normalized spacial score (nSPS) is 10.7. The molecule has 0 bridgehead atoms. The maximum atomic E-state index is 12.6. The largest absolute Gasteiger partial charge is 0.465 e. The first kappa shape index (κ1) is 18.3. The summed E-state index contributed by atoms with van der Waals surface area (Å²) in [6.07, 6.45) is 1.77. The van der Waals surface area contributed by atoms with E-state index < -0.39 is 11.5 Å². The second-order valence-corrected chi connectivity index (χ2v) is 5.64. The van der Waals surface area contributed by atoms with E-state index in [-0.39, 0.29) is 27.1 Å². The van der Waals surface area contributed by atoms with Crippen molar-refractivity contribution in [1.82, 2.24) is 9.55 Å². The van der Waals surface area contributed by atoms with Gasteiger partial charge in [0, 0.05) is 7.11 Å². The Balaban J connectivity index is 2.61. The summed E-state index contributed by atoms with van der Waals surface area (Å²) >= 11 is 12.5. The van der Waals surface area contributed by atoms with Crippen LogP contribution in [0.3, 0.4) is 0 Å². The Bertz CT molecular complexity index is 813. The Labute approximate surface area is 147 Å². The second kappa shape index (κ2) is 7.65. The highest BCUT2D eigenvalue weighted by molar-refractivity contribution is 6.37. The minimum atomic E-state index is -0.886. The first-order valence-electron chi connectivity index (χ1n) is 6.83. The Kier molecular flexibility index (Phi) is 5.82. The smallest absolute Gasteiger partial charge is 0.347 e. The average molecular weight is 372 g/mol. The number of hydrogen-bond acceptors (Lipinski definition) is 6. The Morgan fingerprint density at radius 3 is 2.46 bits per heavy atom. The monoisotopic (exact) mass is 371 g/mol. The quantitative estimate of drug-likeness (QED) is 0.808. The van der Waals surface area contributed by atoms with E-state index in [2.05, 4.69) is 9.72 Å². The van der Waals surface area contributed by atoms with Crippen LogP contribution >= 0.6 is 23.2 Å². The fourth-order valence-electron chi connectivity index (χ4n) is 2.13. The maximum Gasteiger partial charge on any atom is 0.347 e. The lowest BCUT2D eigenvalue weighted by Gasteiger charge is -2.13. The average Bonchev–Trinajstić information content (AvgIpc) is 2.54. The zero-order chi connectivity index (χ0) is 17.9. The van der Waals surface area contributed by atoms with E-state index in [0.29, 0.717) is 13.0 Å². The number of methoxy groups -OCH3 is 2. The summed E-state index contributed by atoms with van der Waals surface area (Å²) in [5, 5.41) is 0.469. The number of nitrogen functional groups attached to an aromatic ring is 1. The number of carbonyl (C=O) groups is 1. The first-order chi connectivity index (χ1) is 11.4. The minimum absolute atomic E-state index is 0.210. The molecule has 0 radical (unpaired) electrons. The van der Waals surface area contributed by atoms with Crippen molar-refractivity contribution in [3.05, 3.63) is 50.0 Å². The molecule has 0 aliphatic rings. The molecule has 0 aliphatic carbocycles. The van der Waals surface area contributed by atoms with Gasteiger partial charge in [0.25, 0.3) is 5.56 Å². The summed E-state index contributed by atoms with van der Waals surface area (Å²) in [6, 6.07) is 3.34. The van der Waals surface area contributed by atoms with Gasteiger partial charge in [0.05, 0.1) is 29.4 Å². The van der Waals surface area contributed by atoms with Gasteiger partial charge in [-0.25, -0.2) is 9.78 Å². The van der Waals surface area contributed by atoms with E-state index >= 15 is 0 Å². The van der Waals surface area contributed by atoms with Crippen molar-refractivity contribution < 1.29 is 14.3 Å². The van der Waals surface area contributed by atoms with Crippen molar-refractivity contribution in [3.63, 3.8) is 0 Å². The van der Waals surface area contributed by atoms with Crippen LogP contribution in [0.4, 0.5) is 5.82 Å². The molecular weight excluding hydrogens is 357 g/mol. The molecule has 2 aromatic rings. The van der Waals surface area contributed by atoms with Gasteiger partial charge in [-0.2, -0.15) is 0 Å². The summed E-state index contributed by atoms with van der Waals surface area (Å²) in [6.45, 7) is 0.502. The van der Waals surface area contributed by atoms with Crippen LogP contribution in [-0.2, 0) is 15.9 Å². The molecule has 0 aliphatic heterocycles. The number of ether oxygens (including phenoxy) is 2. The molecular formula is C15H15Cl2N3O4. The van der Waals surface area contributed by atoms with Crippen molar-refractivity contribution in [3.8, 4) is 5.69 Å². The molecule has 0 saturated heterocycles. The lowest BCUT2D eigenvalue weighted by molar-refractivity contribution is 0.0599. The van der Waals surface area contributed by atoms with Gasteiger partial charge in [-0.3, -0.25) is 9.36 Å². The highest BCUT2D eigenvalue weighted by Gasteiger charge is 2.21. The molecule has 0 unspecified atom stereocenters. The van der Waals surface area contributed by atoms with Crippen LogP contribution in [0.5, 0.6) is 0 Å². The number of esters is 1. The fraction of sp³-hybridized carbons (Fsp3) is 0.267. The standard InChI is InChI=1S/C15H15Cl2N3O4/c1-23-4-3-8-5-9(16)12(10(17)6-8)20-7-19-13(18)11(14(20)21)15(22)24-2/h5-7H,3-4,18H2,1-2H3. The lowest BCUT2D eigenvalue weighted by Crippen LogP contribution is -2.28. The molecule has 0 atom stereocenters. The molecule has 1 heterocycles. The molecule has 7 nitrogen and oxygen atoms in total. The summed E-state index contributed by atoms with van der Waals surface area (Å²) in [5.74, 6) is -1.12. The van der Waals surface area contributed by atoms with Crippen LogP contribution < -0.4 is 11.3 Å². The zero-order valence-electron chi connectivity index (χ0n) is 13.0. The summed E-state index contributed by atoms with van der Waals surface area (Å²) in [5.41, 5.74) is 5.55. The van der Waals surface area contributed by atoms with Gasteiger partial charge in [-0.05, 0) is 24.1 Å². The van der Waals surface area contributed by atoms with Gasteiger partial charge in [0.15, 0.2) is 5.56 Å². The molecule has 0 saturated carbocycles. The fourth-order valence-corrected chi connectivity index (χ4v) is 2.85. The number of hydrogen-bond donors (Lipinski definition) is 1. The maximum absolute atomic E-state index is 12.6. The Morgan fingerprint density at radius 1 is 1.29 bits per heavy atom. The number of nitrogens with zero attached hydrogens (tertiary/aromatic N) is 2. The van der Waals surface area contributed by atoms with Crippen LogP contribution in [0.25, 0.3) is 5.69 Å². The molecule has 0 amide bonds. The predicted octanol–water partition coefficient (Wildman–Crippen LogP) is 2.10. The second-order valence-electron chi connectivity index (χ2n) is 4.82. The van der Waals surface area contributed by atoms with Gasteiger partial charge in [0.1, 0.15) is 12.1 Å². The molecule has 0 spiro atoms. The topological polar surface area (TPSA) is 96.4 Å². The molecule has 2 rings (SSSR count). The van der Waals surface area contributed by atoms with E-state index in [4.69, 9.17) is 33.7 Å². The van der Waals surface area contributed by atoms with Gasteiger partial charge in [-0.1, -0.05) is 23.2 Å². The summed E-state index contributed by atoms with van der Waals surface area (Å²) < 4.78 is 10.6. The van der Waals surface area contributed by atoms with Crippen LogP contribution in [0.15, 0.2) is 23.3 Å². The number of carbonyl (C=O) groups excluding carboxylic acids is 1. The van der Waals surface area contributed by atoms with Crippen molar-refractivity contribution in [1.29, 1.82) is 0 Å². The number of rotatable bonds is 5. The van der Waals surface area contributed by atoms with E-state index in [0.717, 1.165) is 23.6 Å². The highest BCUT2D eigenvalue weighted by Crippen LogP contribution is 2.29. The SMILES string of the molecule is COCCc1cc(Cl)c(-n2cnc(N)c(C(=O)OC)c2=O)c(Cl)c1. The van der Waals surface area contributed by atoms with Crippen molar-refractivity contribution in [2.24, 2.45) is 0 Å².